The van der Waals surface area contributed by atoms with Crippen molar-refractivity contribution in [2.45, 2.75) is 26.7 Å². The van der Waals surface area contributed by atoms with Gasteiger partial charge in [-0.15, -0.1) is 0 Å². The van der Waals surface area contributed by atoms with Crippen LogP contribution in [0.15, 0.2) is 36.4 Å². The third-order valence-corrected chi connectivity index (χ3v) is 3.74. The molecule has 0 unspecified atom stereocenters. The zero-order valence-corrected chi connectivity index (χ0v) is 14.1. The lowest BCUT2D eigenvalue weighted by Crippen LogP contribution is -2.13. The Labute approximate surface area is 141 Å². The van der Waals surface area contributed by atoms with Crippen LogP contribution >= 0.6 is 0 Å². The maximum atomic E-state index is 12.4. The highest BCUT2D eigenvalue weighted by molar-refractivity contribution is 6.04. The zero-order chi connectivity index (χ0) is 17.7. The molecule has 0 bridgehead atoms. The second-order valence-corrected chi connectivity index (χ2v) is 5.69. The van der Waals surface area contributed by atoms with Crippen LogP contribution in [0, 0.1) is 13.8 Å². The van der Waals surface area contributed by atoms with Crippen molar-refractivity contribution < 1.29 is 19.4 Å². The Morgan fingerprint density at radius 2 is 1.79 bits per heavy atom. The van der Waals surface area contributed by atoms with E-state index < -0.39 is 5.97 Å². The van der Waals surface area contributed by atoms with Crippen LogP contribution in [0.3, 0.4) is 0 Å². The summed E-state index contributed by atoms with van der Waals surface area (Å²) in [5, 5.41) is 11.6. The SMILES string of the molecule is COc1c(C)cc(C(=O)Nc2cccc(CCC(=O)O)c2)cc1C. The van der Waals surface area contributed by atoms with Crippen LogP contribution in [0.25, 0.3) is 0 Å². The number of aliphatic carboxylic acids is 1. The van der Waals surface area contributed by atoms with Gasteiger partial charge in [0, 0.05) is 17.7 Å². The van der Waals surface area contributed by atoms with Crippen molar-refractivity contribution in [1.82, 2.24) is 0 Å². The smallest absolute Gasteiger partial charge is 0.303 e. The molecule has 0 aliphatic carbocycles. The molecular weight excluding hydrogens is 306 g/mol. The number of hydrogen-bond donors (Lipinski definition) is 2. The molecule has 0 aliphatic rings. The molecule has 2 rings (SSSR count). The van der Waals surface area contributed by atoms with Gasteiger partial charge in [0.05, 0.1) is 7.11 Å². The van der Waals surface area contributed by atoms with E-state index in [0.29, 0.717) is 17.7 Å². The van der Waals surface area contributed by atoms with Crippen molar-refractivity contribution in [2.75, 3.05) is 12.4 Å². The monoisotopic (exact) mass is 327 g/mol. The molecule has 0 heterocycles. The first kappa shape index (κ1) is 17.5. The Balaban J connectivity index is 2.15. The molecule has 0 radical (unpaired) electrons. The fourth-order valence-electron chi connectivity index (χ4n) is 2.66. The number of methoxy groups -OCH3 is 1. The normalized spacial score (nSPS) is 10.3. The van der Waals surface area contributed by atoms with Crippen molar-refractivity contribution in [3.63, 3.8) is 0 Å². The fraction of sp³-hybridized carbons (Fsp3) is 0.263. The summed E-state index contributed by atoms with van der Waals surface area (Å²) < 4.78 is 5.31. The van der Waals surface area contributed by atoms with Crippen molar-refractivity contribution in [2.24, 2.45) is 0 Å². The van der Waals surface area contributed by atoms with Crippen LogP contribution in [0.2, 0.25) is 0 Å². The summed E-state index contributed by atoms with van der Waals surface area (Å²) in [6.07, 6.45) is 0.494. The Kier molecular flexibility index (Phi) is 5.58. The number of rotatable bonds is 6. The van der Waals surface area contributed by atoms with E-state index in [0.717, 1.165) is 22.4 Å². The molecule has 24 heavy (non-hydrogen) atoms. The van der Waals surface area contributed by atoms with Crippen LogP contribution < -0.4 is 10.1 Å². The van der Waals surface area contributed by atoms with Gasteiger partial charge in [0.2, 0.25) is 0 Å². The predicted molar refractivity (Wildman–Crippen MR) is 92.8 cm³/mol. The van der Waals surface area contributed by atoms with Crippen LogP contribution in [-0.4, -0.2) is 24.1 Å². The van der Waals surface area contributed by atoms with E-state index in [2.05, 4.69) is 5.32 Å². The molecule has 2 aromatic carbocycles. The maximum Gasteiger partial charge on any atom is 0.303 e. The Bertz CT molecular complexity index is 745. The lowest BCUT2D eigenvalue weighted by molar-refractivity contribution is -0.136. The molecule has 5 heteroatoms. The van der Waals surface area contributed by atoms with Crippen molar-refractivity contribution >= 4 is 17.6 Å². The van der Waals surface area contributed by atoms with E-state index in [9.17, 15) is 9.59 Å². The number of carbonyl (C=O) groups excluding carboxylic acids is 1. The second kappa shape index (κ2) is 7.64. The molecule has 0 aliphatic heterocycles. The summed E-state index contributed by atoms with van der Waals surface area (Å²) in [6.45, 7) is 3.80. The van der Waals surface area contributed by atoms with Crippen molar-refractivity contribution in [1.29, 1.82) is 0 Å². The standard InChI is InChI=1S/C19H21NO4/c1-12-9-15(10-13(2)18(12)24-3)19(23)20-16-6-4-5-14(11-16)7-8-17(21)22/h4-6,9-11H,7-8H2,1-3H3,(H,20,23)(H,21,22). The highest BCUT2D eigenvalue weighted by atomic mass is 16.5. The molecule has 0 atom stereocenters. The van der Waals surface area contributed by atoms with Crippen LogP contribution in [0.5, 0.6) is 5.75 Å². The maximum absolute atomic E-state index is 12.4. The third-order valence-electron chi connectivity index (χ3n) is 3.74. The number of benzene rings is 2. The van der Waals surface area contributed by atoms with E-state index in [1.807, 2.05) is 19.9 Å². The lowest BCUT2D eigenvalue weighted by Gasteiger charge is -2.12. The Hall–Kier alpha value is -2.82. The number of carboxylic acids is 1. The number of aryl methyl sites for hydroxylation is 3. The largest absolute Gasteiger partial charge is 0.496 e. The van der Waals surface area contributed by atoms with Crippen molar-refractivity contribution in [3.05, 3.63) is 58.7 Å². The number of amides is 1. The average molecular weight is 327 g/mol. The number of carbonyl (C=O) groups is 2. The van der Waals surface area contributed by atoms with Gasteiger partial charge in [0.1, 0.15) is 5.75 Å². The summed E-state index contributed by atoms with van der Waals surface area (Å²) in [4.78, 5) is 23.1. The Morgan fingerprint density at radius 1 is 1.12 bits per heavy atom. The van der Waals surface area contributed by atoms with Gasteiger partial charge in [-0.2, -0.15) is 0 Å². The minimum atomic E-state index is -0.839. The molecule has 0 fully saturated rings. The van der Waals surface area contributed by atoms with Gasteiger partial charge >= 0.3 is 5.97 Å². The molecule has 0 saturated carbocycles. The van der Waals surface area contributed by atoms with Gasteiger partial charge < -0.3 is 15.2 Å². The zero-order valence-electron chi connectivity index (χ0n) is 14.1. The quantitative estimate of drug-likeness (QED) is 0.850. The summed E-state index contributed by atoms with van der Waals surface area (Å²) in [5.74, 6) is -0.268. The molecular formula is C19H21NO4. The first-order chi connectivity index (χ1) is 11.4. The number of ether oxygens (including phenoxy) is 1. The fourth-order valence-corrected chi connectivity index (χ4v) is 2.66. The first-order valence-corrected chi connectivity index (χ1v) is 7.68. The number of anilines is 1. The van der Waals surface area contributed by atoms with Gasteiger partial charge in [0.25, 0.3) is 5.91 Å². The van der Waals surface area contributed by atoms with Crippen LogP contribution in [-0.2, 0) is 11.2 Å². The molecule has 0 spiro atoms. The number of hydrogen-bond acceptors (Lipinski definition) is 3. The minimum absolute atomic E-state index is 0.0638. The van der Waals surface area contributed by atoms with Gasteiger partial charge in [0.15, 0.2) is 0 Å². The molecule has 5 nitrogen and oxygen atoms in total. The summed E-state index contributed by atoms with van der Waals surface area (Å²) in [7, 11) is 1.61. The molecule has 2 N–H and O–H groups in total. The average Bonchev–Trinajstić information content (AvgIpc) is 2.53. The van der Waals surface area contributed by atoms with E-state index >= 15 is 0 Å². The molecule has 126 valence electrons. The topological polar surface area (TPSA) is 75.6 Å². The molecule has 2 aromatic rings. The number of nitrogens with one attached hydrogen (secondary N) is 1. The number of carboxylic acid groups (broad SMARTS) is 1. The van der Waals surface area contributed by atoms with Gasteiger partial charge in [-0.25, -0.2) is 0 Å². The third kappa shape index (κ3) is 4.35. The van der Waals surface area contributed by atoms with Gasteiger partial charge in [-0.3, -0.25) is 9.59 Å². The molecule has 1 amide bonds. The lowest BCUT2D eigenvalue weighted by atomic mass is 10.0. The first-order valence-electron chi connectivity index (χ1n) is 7.68. The van der Waals surface area contributed by atoms with Crippen LogP contribution in [0.4, 0.5) is 5.69 Å². The summed E-state index contributed by atoms with van der Waals surface area (Å²) >= 11 is 0. The van der Waals surface area contributed by atoms with E-state index in [1.165, 1.54) is 0 Å². The molecule has 0 saturated heterocycles. The highest BCUT2D eigenvalue weighted by Gasteiger charge is 2.12. The van der Waals surface area contributed by atoms with Gasteiger partial charge in [-0.1, -0.05) is 12.1 Å². The van der Waals surface area contributed by atoms with Crippen molar-refractivity contribution in [3.8, 4) is 5.75 Å². The highest BCUT2D eigenvalue weighted by Crippen LogP contribution is 2.25. The Morgan fingerprint density at radius 3 is 2.38 bits per heavy atom. The van der Waals surface area contributed by atoms with E-state index in [4.69, 9.17) is 9.84 Å². The van der Waals surface area contributed by atoms with Gasteiger partial charge in [-0.05, 0) is 61.2 Å². The summed E-state index contributed by atoms with van der Waals surface area (Å²) in [5.41, 5.74) is 3.88. The van der Waals surface area contributed by atoms with E-state index in [1.54, 1.807) is 37.4 Å². The predicted octanol–water partition coefficient (Wildman–Crippen LogP) is 3.58. The molecule has 0 aromatic heterocycles. The summed E-state index contributed by atoms with van der Waals surface area (Å²) in [6, 6.07) is 10.8. The second-order valence-electron chi connectivity index (χ2n) is 5.69. The van der Waals surface area contributed by atoms with E-state index in [-0.39, 0.29) is 12.3 Å². The minimum Gasteiger partial charge on any atom is -0.496 e. The van der Waals surface area contributed by atoms with Crippen LogP contribution in [0.1, 0.15) is 33.5 Å².